The van der Waals surface area contributed by atoms with E-state index in [1.807, 2.05) is 0 Å². The fourth-order valence-electron chi connectivity index (χ4n) is 4.95. The van der Waals surface area contributed by atoms with Gasteiger partial charge < -0.3 is 15.1 Å². The van der Waals surface area contributed by atoms with E-state index in [1.54, 1.807) is 0 Å². The molecule has 36 heavy (non-hydrogen) atoms. The zero-order chi connectivity index (χ0) is 26.8. The van der Waals surface area contributed by atoms with Gasteiger partial charge in [-0.2, -0.15) is 0 Å². The monoisotopic (exact) mass is 537 g/mol. The predicted molar refractivity (Wildman–Crippen MR) is 169 cm³/mol. The van der Waals surface area contributed by atoms with Crippen LogP contribution in [-0.2, 0) is 0 Å². The van der Waals surface area contributed by atoms with Crippen molar-refractivity contribution in [2.75, 3.05) is 50.0 Å². The van der Waals surface area contributed by atoms with Crippen LogP contribution in [0.4, 0.5) is 11.4 Å². The zero-order valence-electron chi connectivity index (χ0n) is 24.9. The van der Waals surface area contributed by atoms with Gasteiger partial charge in [0.1, 0.15) is 0 Å². The van der Waals surface area contributed by atoms with E-state index in [9.17, 15) is 0 Å². The summed E-state index contributed by atoms with van der Waals surface area (Å²) >= 11 is 11.2. The summed E-state index contributed by atoms with van der Waals surface area (Å²) in [6.45, 7) is 17.2. The molecule has 1 N–H and O–H groups in total. The average molecular weight is 538 g/mol. The maximum atomic E-state index is 5.61. The van der Waals surface area contributed by atoms with Crippen LogP contribution in [0.5, 0.6) is 0 Å². The summed E-state index contributed by atoms with van der Waals surface area (Å²) < 4.78 is 1.73. The van der Waals surface area contributed by atoms with Gasteiger partial charge in [-0.25, -0.2) is 0 Å². The van der Waals surface area contributed by atoms with Gasteiger partial charge in [-0.15, -0.1) is 0 Å². The quantitative estimate of drug-likeness (QED) is 0.110. The van der Waals surface area contributed by atoms with Crippen LogP contribution < -0.4 is 10.2 Å². The Morgan fingerprint density at radius 2 is 1.14 bits per heavy atom. The first-order valence-electron chi connectivity index (χ1n) is 15.2. The number of rotatable bonds is 23. The third-order valence-corrected chi connectivity index (χ3v) is 8.23. The Morgan fingerprint density at radius 1 is 0.639 bits per heavy atom. The maximum Gasteiger partial charge on any atom is 0.0834 e. The first-order chi connectivity index (χ1) is 17.2. The van der Waals surface area contributed by atoms with Crippen molar-refractivity contribution in [1.82, 2.24) is 4.90 Å². The third-order valence-electron chi connectivity index (χ3n) is 7.30. The Labute approximate surface area is 235 Å². The van der Waals surface area contributed by atoms with Gasteiger partial charge in [0.05, 0.1) is 20.4 Å². The lowest BCUT2D eigenvalue weighted by Gasteiger charge is -2.28. The van der Waals surface area contributed by atoms with E-state index >= 15 is 0 Å². The number of unbranched alkanes of at least 4 members (excludes halogenated alkanes) is 10. The van der Waals surface area contributed by atoms with Gasteiger partial charge in [-0.1, -0.05) is 123 Å². The van der Waals surface area contributed by atoms with Gasteiger partial charge in [0.15, 0.2) is 0 Å². The van der Waals surface area contributed by atoms with Crippen molar-refractivity contribution in [1.29, 1.82) is 0 Å². The van der Waals surface area contributed by atoms with Crippen molar-refractivity contribution in [3.63, 3.8) is 0 Å². The van der Waals surface area contributed by atoms with Crippen molar-refractivity contribution in [2.24, 2.45) is 5.41 Å². The molecule has 0 aliphatic carbocycles. The van der Waals surface area contributed by atoms with Crippen molar-refractivity contribution < 1.29 is 0 Å². The molecule has 0 aliphatic heterocycles. The molecular formula is C31H59N3S2. The van der Waals surface area contributed by atoms with E-state index in [4.69, 9.17) is 24.4 Å². The molecule has 0 saturated carbocycles. The minimum atomic E-state index is 0.378. The molecule has 0 spiro atoms. The lowest BCUT2D eigenvalue weighted by Crippen LogP contribution is -2.29. The van der Waals surface area contributed by atoms with Crippen molar-refractivity contribution in [3.05, 3.63) is 9.02 Å². The molecule has 0 fully saturated rings. The van der Waals surface area contributed by atoms with E-state index in [0.29, 0.717) is 5.41 Å². The van der Waals surface area contributed by atoms with Gasteiger partial charge in [0.2, 0.25) is 0 Å². The summed E-state index contributed by atoms with van der Waals surface area (Å²) in [5.74, 6) is 0. The highest BCUT2D eigenvalue weighted by atomic mass is 32.1. The highest BCUT2D eigenvalue weighted by molar-refractivity contribution is 7.74. The predicted octanol–water partition coefficient (Wildman–Crippen LogP) is 10.1. The Bertz CT molecular complexity index is 730. The van der Waals surface area contributed by atoms with Crippen LogP contribution in [0.1, 0.15) is 131 Å². The summed E-state index contributed by atoms with van der Waals surface area (Å²) in [7, 11) is 2.16. The standard InChI is InChI=1S/C31H59N3S2/c1-7-9-11-13-15-17-24-34(25-18-16-14-12-10-8-2)26-20-22-32-27-28(30(36)29(27)35)33(6)23-19-21-31(3,4)5/h32H,7-26H2,1-6H3. The molecule has 0 heterocycles. The third kappa shape index (κ3) is 14.4. The largest absolute Gasteiger partial charge is 0.382 e. The lowest BCUT2D eigenvalue weighted by molar-refractivity contribution is 0.259. The summed E-state index contributed by atoms with van der Waals surface area (Å²) in [5.41, 5.74) is 2.66. The Kier molecular flexibility index (Phi) is 18.2. The topological polar surface area (TPSA) is 18.5 Å². The SMILES string of the molecule is CCCCCCCCN(CCCCCCCC)CCCNc1c(N(C)CCCC(C)(C)C)c(=S)c1=S. The highest BCUT2D eigenvalue weighted by Crippen LogP contribution is 2.35. The van der Waals surface area contributed by atoms with E-state index in [-0.39, 0.29) is 0 Å². The van der Waals surface area contributed by atoms with Crippen LogP contribution in [0.2, 0.25) is 0 Å². The van der Waals surface area contributed by atoms with Crippen molar-refractivity contribution in [2.45, 2.75) is 131 Å². The second-order valence-electron chi connectivity index (χ2n) is 12.1. The Balaban J connectivity index is 2.46. The van der Waals surface area contributed by atoms with E-state index in [1.165, 1.54) is 115 Å². The minimum absolute atomic E-state index is 0.378. The van der Waals surface area contributed by atoms with Gasteiger partial charge in [-0.3, -0.25) is 0 Å². The molecule has 0 atom stereocenters. The first kappa shape index (κ1) is 33.5. The molecule has 0 unspecified atom stereocenters. The molecule has 1 rings (SSSR count). The molecule has 0 aliphatic rings. The Hall–Kier alpha value is -0.520. The van der Waals surface area contributed by atoms with Crippen LogP contribution in [0.15, 0.2) is 0 Å². The second kappa shape index (κ2) is 19.5. The number of anilines is 2. The van der Waals surface area contributed by atoms with Crippen LogP contribution in [0, 0.1) is 14.4 Å². The van der Waals surface area contributed by atoms with E-state index in [2.05, 4.69) is 56.8 Å². The minimum Gasteiger partial charge on any atom is -0.382 e. The number of hydrogen-bond acceptors (Lipinski definition) is 5. The maximum absolute atomic E-state index is 5.61. The number of nitrogens with one attached hydrogen (secondary N) is 1. The van der Waals surface area contributed by atoms with Crippen LogP contribution in [0.25, 0.3) is 0 Å². The molecule has 1 aromatic rings. The zero-order valence-corrected chi connectivity index (χ0v) is 26.5. The molecule has 0 aromatic heterocycles. The molecule has 5 heteroatoms. The molecular weight excluding hydrogens is 478 g/mol. The lowest BCUT2D eigenvalue weighted by atomic mass is 9.90. The second-order valence-corrected chi connectivity index (χ2v) is 12.9. The highest BCUT2D eigenvalue weighted by Gasteiger charge is 2.19. The molecule has 3 nitrogen and oxygen atoms in total. The van der Waals surface area contributed by atoms with Crippen molar-refractivity contribution >= 4 is 35.8 Å². The number of nitrogens with zero attached hydrogens (tertiary/aromatic N) is 2. The van der Waals surface area contributed by atoms with E-state index < -0.39 is 0 Å². The smallest absolute Gasteiger partial charge is 0.0834 e. The summed E-state index contributed by atoms with van der Waals surface area (Å²) in [5, 5.41) is 3.66. The summed E-state index contributed by atoms with van der Waals surface area (Å²) in [4.78, 5) is 5.04. The normalized spacial score (nSPS) is 12.1. The van der Waals surface area contributed by atoms with Crippen LogP contribution >= 0.6 is 24.4 Å². The molecule has 0 radical (unpaired) electrons. The fourth-order valence-corrected chi connectivity index (χ4v) is 5.57. The molecule has 0 bridgehead atoms. The fraction of sp³-hybridized carbons (Fsp3) is 0.871. The van der Waals surface area contributed by atoms with Gasteiger partial charge in [-0.05, 0) is 57.2 Å². The Morgan fingerprint density at radius 3 is 1.67 bits per heavy atom. The summed E-state index contributed by atoms with van der Waals surface area (Å²) in [6, 6.07) is 0. The van der Waals surface area contributed by atoms with E-state index in [0.717, 1.165) is 34.2 Å². The van der Waals surface area contributed by atoms with Crippen molar-refractivity contribution in [3.8, 4) is 0 Å². The van der Waals surface area contributed by atoms with Gasteiger partial charge >= 0.3 is 0 Å². The summed E-state index contributed by atoms with van der Waals surface area (Å²) in [6.07, 6.45) is 20.1. The van der Waals surface area contributed by atoms with Gasteiger partial charge in [0, 0.05) is 20.1 Å². The number of hydrogen-bond donors (Lipinski definition) is 1. The van der Waals surface area contributed by atoms with Crippen LogP contribution in [0.3, 0.4) is 0 Å². The molecule has 210 valence electrons. The molecule has 1 aromatic carbocycles. The average Bonchev–Trinajstić information content (AvgIpc) is 2.83. The first-order valence-corrected chi connectivity index (χ1v) is 16.0. The molecule has 0 amide bonds. The van der Waals surface area contributed by atoms with Gasteiger partial charge in [0.25, 0.3) is 0 Å². The molecule has 0 saturated heterocycles. The van der Waals surface area contributed by atoms with Crippen LogP contribution in [-0.4, -0.2) is 44.7 Å².